The molecule has 0 aromatic heterocycles. The average Bonchev–Trinajstić information content (AvgIpc) is 3.08. The van der Waals surface area contributed by atoms with Crippen molar-refractivity contribution in [1.29, 1.82) is 0 Å². The van der Waals surface area contributed by atoms with E-state index in [2.05, 4.69) is 0 Å². The first kappa shape index (κ1) is 19.4. The van der Waals surface area contributed by atoms with Crippen LogP contribution in [0.5, 0.6) is 0 Å². The zero-order chi connectivity index (χ0) is 19.6. The minimum Gasteiger partial charge on any atom is -0.378 e. The molecule has 7 heteroatoms. The number of benzene rings is 2. The fraction of sp³-hybridized carbons (Fsp3) is 0.350. The molecule has 0 saturated carbocycles. The van der Waals surface area contributed by atoms with E-state index >= 15 is 0 Å². The van der Waals surface area contributed by atoms with Crippen LogP contribution in [0.2, 0.25) is 0 Å². The smallest absolute Gasteiger partial charge is 0.243 e. The Hall–Kier alpha value is -2.38. The molecule has 1 aliphatic rings. The highest BCUT2D eigenvalue weighted by Gasteiger charge is 2.24. The molecule has 6 nitrogen and oxygen atoms in total. The van der Waals surface area contributed by atoms with Crippen LogP contribution >= 0.6 is 0 Å². The van der Waals surface area contributed by atoms with Crippen molar-refractivity contribution in [3.8, 4) is 0 Å². The molecule has 0 aliphatic carbocycles. The van der Waals surface area contributed by atoms with E-state index in [1.807, 2.05) is 43.3 Å². The lowest BCUT2D eigenvalue weighted by molar-refractivity contribution is -0.117. The molecule has 0 N–H and O–H groups in total. The Kier molecular flexibility index (Phi) is 5.53. The van der Waals surface area contributed by atoms with Crippen LogP contribution in [-0.2, 0) is 21.4 Å². The Bertz CT molecular complexity index is 906. The maximum atomic E-state index is 12.8. The number of anilines is 2. The van der Waals surface area contributed by atoms with Crippen molar-refractivity contribution in [2.75, 3.05) is 37.5 Å². The molecular weight excluding hydrogens is 362 g/mol. The summed E-state index contributed by atoms with van der Waals surface area (Å²) in [6, 6.07) is 14.4. The third-order valence-corrected chi connectivity index (χ3v) is 6.61. The maximum Gasteiger partial charge on any atom is 0.243 e. The molecule has 27 heavy (non-hydrogen) atoms. The summed E-state index contributed by atoms with van der Waals surface area (Å²) in [6.07, 6.45) is 1.39. The summed E-state index contributed by atoms with van der Waals surface area (Å²) in [4.78, 5) is 15.8. The number of hydrogen-bond donors (Lipinski definition) is 0. The van der Waals surface area contributed by atoms with Crippen LogP contribution in [0.15, 0.2) is 53.4 Å². The Morgan fingerprint density at radius 2 is 1.59 bits per heavy atom. The Morgan fingerprint density at radius 1 is 0.963 bits per heavy atom. The second kappa shape index (κ2) is 7.70. The van der Waals surface area contributed by atoms with Gasteiger partial charge in [-0.1, -0.05) is 12.1 Å². The first-order valence-electron chi connectivity index (χ1n) is 8.92. The van der Waals surface area contributed by atoms with E-state index in [1.165, 1.54) is 4.31 Å². The second-order valence-corrected chi connectivity index (χ2v) is 9.01. The van der Waals surface area contributed by atoms with Crippen molar-refractivity contribution in [3.63, 3.8) is 0 Å². The molecule has 0 radical (unpaired) electrons. The lowest BCUT2D eigenvalue weighted by atomic mass is 10.2. The number of carbonyl (C=O) groups excluding carboxylic acids is 1. The van der Waals surface area contributed by atoms with E-state index in [-0.39, 0.29) is 10.8 Å². The molecule has 0 bridgehead atoms. The number of amides is 1. The summed E-state index contributed by atoms with van der Waals surface area (Å²) in [5, 5.41) is 0. The Morgan fingerprint density at radius 3 is 2.11 bits per heavy atom. The number of sulfonamides is 1. The highest BCUT2D eigenvalue weighted by molar-refractivity contribution is 7.89. The van der Waals surface area contributed by atoms with Gasteiger partial charge in [0.05, 0.1) is 4.90 Å². The minimum absolute atomic E-state index is 0.0869. The van der Waals surface area contributed by atoms with E-state index in [0.717, 1.165) is 23.4 Å². The van der Waals surface area contributed by atoms with E-state index in [9.17, 15) is 13.2 Å². The van der Waals surface area contributed by atoms with Gasteiger partial charge in [-0.05, 0) is 48.4 Å². The third-order valence-electron chi connectivity index (χ3n) is 4.79. The summed E-state index contributed by atoms with van der Waals surface area (Å²) in [5.74, 6) is 0.0869. The molecule has 1 amide bonds. The largest absolute Gasteiger partial charge is 0.378 e. The zero-order valence-electron chi connectivity index (χ0n) is 15.9. The zero-order valence-corrected chi connectivity index (χ0v) is 16.7. The fourth-order valence-electron chi connectivity index (χ4n) is 3.14. The summed E-state index contributed by atoms with van der Waals surface area (Å²) in [6.45, 7) is 0.982. The van der Waals surface area contributed by atoms with Crippen molar-refractivity contribution in [1.82, 2.24) is 4.31 Å². The Labute approximate surface area is 161 Å². The van der Waals surface area contributed by atoms with Gasteiger partial charge in [0.1, 0.15) is 0 Å². The van der Waals surface area contributed by atoms with Gasteiger partial charge < -0.3 is 9.80 Å². The summed E-state index contributed by atoms with van der Waals surface area (Å²) >= 11 is 0. The molecule has 0 spiro atoms. The lowest BCUT2D eigenvalue weighted by Crippen LogP contribution is -2.27. The number of rotatable bonds is 6. The Balaban J connectivity index is 1.73. The quantitative estimate of drug-likeness (QED) is 0.765. The van der Waals surface area contributed by atoms with E-state index in [0.29, 0.717) is 19.5 Å². The second-order valence-electron chi connectivity index (χ2n) is 6.96. The van der Waals surface area contributed by atoms with Gasteiger partial charge in [0.25, 0.3) is 0 Å². The van der Waals surface area contributed by atoms with Crippen LogP contribution in [0.4, 0.5) is 11.4 Å². The highest BCUT2D eigenvalue weighted by atomic mass is 32.2. The van der Waals surface area contributed by atoms with Crippen molar-refractivity contribution < 1.29 is 13.2 Å². The molecule has 0 atom stereocenters. The van der Waals surface area contributed by atoms with Crippen molar-refractivity contribution >= 4 is 27.3 Å². The van der Waals surface area contributed by atoms with E-state index in [1.54, 1.807) is 36.2 Å². The predicted octanol–water partition coefficient (Wildman–Crippen LogP) is 2.70. The van der Waals surface area contributed by atoms with Crippen LogP contribution in [0.1, 0.15) is 18.4 Å². The summed E-state index contributed by atoms with van der Waals surface area (Å²) < 4.78 is 27.0. The van der Waals surface area contributed by atoms with Crippen molar-refractivity contribution in [3.05, 3.63) is 54.1 Å². The molecule has 3 rings (SSSR count). The molecule has 1 aliphatic heterocycles. The molecule has 0 unspecified atom stereocenters. The standard InChI is InChI=1S/C20H25N3O3S/c1-21(2)17-8-6-16(7-9-17)15-22(3)27(25,26)19-12-10-18(11-13-19)23-14-4-5-20(23)24/h6-13H,4-5,14-15H2,1-3H3. The minimum atomic E-state index is -3.60. The van der Waals surface area contributed by atoms with Crippen LogP contribution in [0.3, 0.4) is 0 Å². The van der Waals surface area contributed by atoms with Crippen LogP contribution < -0.4 is 9.80 Å². The molecule has 2 aromatic rings. The topological polar surface area (TPSA) is 60.9 Å². The van der Waals surface area contributed by atoms with Gasteiger partial charge in [-0.15, -0.1) is 0 Å². The van der Waals surface area contributed by atoms with Gasteiger partial charge in [0.2, 0.25) is 15.9 Å². The van der Waals surface area contributed by atoms with Gasteiger partial charge in [0.15, 0.2) is 0 Å². The lowest BCUT2D eigenvalue weighted by Gasteiger charge is -2.20. The predicted molar refractivity (Wildman–Crippen MR) is 107 cm³/mol. The molecule has 1 heterocycles. The first-order valence-corrected chi connectivity index (χ1v) is 10.4. The SMILES string of the molecule is CN(C)c1ccc(CN(C)S(=O)(=O)c2ccc(N3CCCC3=O)cc2)cc1. The van der Waals surface area contributed by atoms with Crippen LogP contribution in [-0.4, -0.2) is 46.3 Å². The van der Waals surface area contributed by atoms with Gasteiger partial charge >= 0.3 is 0 Å². The monoisotopic (exact) mass is 387 g/mol. The van der Waals surface area contributed by atoms with Crippen molar-refractivity contribution in [2.45, 2.75) is 24.3 Å². The first-order chi connectivity index (χ1) is 12.8. The van der Waals surface area contributed by atoms with Gasteiger partial charge in [0, 0.05) is 52.0 Å². The van der Waals surface area contributed by atoms with Crippen LogP contribution in [0.25, 0.3) is 0 Å². The molecule has 1 saturated heterocycles. The molecule has 144 valence electrons. The molecular formula is C20H25N3O3S. The van der Waals surface area contributed by atoms with E-state index in [4.69, 9.17) is 0 Å². The average molecular weight is 388 g/mol. The third kappa shape index (κ3) is 4.14. The fourth-order valence-corrected chi connectivity index (χ4v) is 4.30. The number of hydrogen-bond acceptors (Lipinski definition) is 4. The van der Waals surface area contributed by atoms with Gasteiger partial charge in [-0.2, -0.15) is 4.31 Å². The van der Waals surface area contributed by atoms with E-state index < -0.39 is 10.0 Å². The van der Waals surface area contributed by atoms with Gasteiger partial charge in [-0.25, -0.2) is 8.42 Å². The highest BCUT2D eigenvalue weighted by Crippen LogP contribution is 2.25. The van der Waals surface area contributed by atoms with Crippen LogP contribution in [0, 0.1) is 0 Å². The maximum absolute atomic E-state index is 12.8. The van der Waals surface area contributed by atoms with Crippen molar-refractivity contribution in [2.24, 2.45) is 0 Å². The summed E-state index contributed by atoms with van der Waals surface area (Å²) in [7, 11) is 1.91. The summed E-state index contributed by atoms with van der Waals surface area (Å²) in [5.41, 5.74) is 2.74. The van der Waals surface area contributed by atoms with Gasteiger partial charge in [-0.3, -0.25) is 4.79 Å². The molecule has 2 aromatic carbocycles. The number of carbonyl (C=O) groups is 1. The number of nitrogens with zero attached hydrogens (tertiary/aromatic N) is 3. The normalized spacial score (nSPS) is 14.8. The molecule has 1 fully saturated rings.